The van der Waals surface area contributed by atoms with Gasteiger partial charge in [-0.3, -0.25) is 0 Å². The Labute approximate surface area is 138 Å². The number of nitrogens with zero attached hydrogens (tertiary/aromatic N) is 1. The Morgan fingerprint density at radius 2 is 2.05 bits per heavy atom. The van der Waals surface area contributed by atoms with Gasteiger partial charge in [-0.05, 0) is 61.8 Å². The lowest BCUT2D eigenvalue weighted by Gasteiger charge is -2.19. The number of aromatic nitrogens is 1. The fourth-order valence-corrected chi connectivity index (χ4v) is 3.40. The van der Waals surface area contributed by atoms with Crippen LogP contribution < -0.4 is 10.1 Å². The summed E-state index contributed by atoms with van der Waals surface area (Å²) >= 11 is 5.27. The van der Waals surface area contributed by atoms with E-state index in [0.29, 0.717) is 0 Å². The maximum Gasteiger partial charge on any atom is 0.133 e. The quantitative estimate of drug-likeness (QED) is 0.842. The molecule has 0 atom stereocenters. The van der Waals surface area contributed by atoms with E-state index in [-0.39, 0.29) is 5.54 Å². The van der Waals surface area contributed by atoms with Gasteiger partial charge in [0.25, 0.3) is 0 Å². The average Bonchev–Trinajstić information content (AvgIpc) is 2.77. The van der Waals surface area contributed by atoms with Gasteiger partial charge >= 0.3 is 0 Å². The zero-order valence-corrected chi connectivity index (χ0v) is 15.5. The molecular weight excluding hydrogens is 348 g/mol. The Morgan fingerprint density at radius 1 is 1.33 bits per heavy atom. The lowest BCUT2D eigenvalue weighted by atomic mass is 10.1. The van der Waals surface area contributed by atoms with E-state index in [1.807, 2.05) is 12.1 Å². The highest BCUT2D eigenvalue weighted by Gasteiger charge is 2.14. The Hall–Kier alpha value is -0.910. The number of benzene rings is 1. The topological polar surface area (TPSA) is 34.1 Å². The van der Waals surface area contributed by atoms with Gasteiger partial charge in [-0.15, -0.1) is 11.3 Å². The summed E-state index contributed by atoms with van der Waals surface area (Å²) in [5.74, 6) is 0.835. The molecule has 0 aliphatic carbocycles. The third-order valence-electron chi connectivity index (χ3n) is 3.07. The average molecular weight is 369 g/mol. The van der Waals surface area contributed by atoms with Crippen LogP contribution in [-0.2, 0) is 6.54 Å². The van der Waals surface area contributed by atoms with Crippen LogP contribution in [0.3, 0.4) is 0 Å². The van der Waals surface area contributed by atoms with Crippen molar-refractivity contribution in [3.8, 4) is 16.3 Å². The molecule has 3 nitrogen and oxygen atoms in total. The van der Waals surface area contributed by atoms with Crippen molar-refractivity contribution in [3.05, 3.63) is 33.2 Å². The lowest BCUT2D eigenvalue weighted by Crippen LogP contribution is -2.34. The molecule has 2 aromatic rings. The molecule has 114 valence electrons. The fourth-order valence-electron chi connectivity index (χ4n) is 1.86. The van der Waals surface area contributed by atoms with Crippen LogP contribution in [0.2, 0.25) is 0 Å². The van der Waals surface area contributed by atoms with Crippen molar-refractivity contribution in [2.24, 2.45) is 0 Å². The standard InChI is InChI=1S/C16H21BrN2OS/c1-10-14(9-18-16(2,3)4)21-15(19-10)11-6-7-13(20-5)12(17)8-11/h6-8,18H,9H2,1-5H3. The molecule has 1 heterocycles. The highest BCUT2D eigenvalue weighted by atomic mass is 79.9. The third kappa shape index (κ3) is 4.28. The molecule has 0 aliphatic heterocycles. The first kappa shape index (κ1) is 16.5. The van der Waals surface area contributed by atoms with Crippen LogP contribution in [0.4, 0.5) is 0 Å². The first-order chi connectivity index (χ1) is 9.80. The second-order valence-electron chi connectivity index (χ2n) is 5.98. The first-order valence-corrected chi connectivity index (χ1v) is 8.46. The minimum atomic E-state index is 0.111. The van der Waals surface area contributed by atoms with Crippen molar-refractivity contribution in [1.29, 1.82) is 0 Å². The Balaban J connectivity index is 2.24. The van der Waals surface area contributed by atoms with Gasteiger partial charge in [0.1, 0.15) is 10.8 Å². The number of methoxy groups -OCH3 is 1. The smallest absolute Gasteiger partial charge is 0.133 e. The Morgan fingerprint density at radius 3 is 2.62 bits per heavy atom. The summed E-state index contributed by atoms with van der Waals surface area (Å²) in [6, 6.07) is 6.06. The van der Waals surface area contributed by atoms with Crippen LogP contribution in [0.25, 0.3) is 10.6 Å². The number of hydrogen-bond acceptors (Lipinski definition) is 4. The zero-order chi connectivity index (χ0) is 15.6. The van der Waals surface area contributed by atoms with Crippen LogP contribution in [0.15, 0.2) is 22.7 Å². The van der Waals surface area contributed by atoms with Crippen LogP contribution in [-0.4, -0.2) is 17.6 Å². The summed E-state index contributed by atoms with van der Waals surface area (Å²) in [6.45, 7) is 9.43. The molecule has 0 bridgehead atoms. The van der Waals surface area contributed by atoms with Gasteiger partial charge in [-0.1, -0.05) is 0 Å². The van der Waals surface area contributed by atoms with Crippen molar-refractivity contribution in [2.75, 3.05) is 7.11 Å². The molecule has 21 heavy (non-hydrogen) atoms. The van der Waals surface area contributed by atoms with E-state index in [1.54, 1.807) is 18.4 Å². The van der Waals surface area contributed by atoms with Gasteiger partial charge in [-0.2, -0.15) is 0 Å². The van der Waals surface area contributed by atoms with Gasteiger partial charge in [-0.25, -0.2) is 4.98 Å². The summed E-state index contributed by atoms with van der Waals surface area (Å²) in [5, 5.41) is 4.56. The molecule has 0 spiro atoms. The van der Waals surface area contributed by atoms with Crippen LogP contribution in [0.1, 0.15) is 31.3 Å². The van der Waals surface area contributed by atoms with Gasteiger partial charge in [0, 0.05) is 22.5 Å². The molecule has 1 aromatic carbocycles. The van der Waals surface area contributed by atoms with Crippen molar-refractivity contribution in [2.45, 2.75) is 39.8 Å². The van der Waals surface area contributed by atoms with E-state index in [9.17, 15) is 0 Å². The summed E-state index contributed by atoms with van der Waals surface area (Å²) in [6.07, 6.45) is 0. The Kier molecular flexibility index (Phi) is 5.07. The van der Waals surface area contributed by atoms with Crippen LogP contribution >= 0.6 is 27.3 Å². The first-order valence-electron chi connectivity index (χ1n) is 6.85. The van der Waals surface area contributed by atoms with Gasteiger partial charge in [0.15, 0.2) is 0 Å². The molecular formula is C16H21BrN2OS. The number of hydrogen-bond donors (Lipinski definition) is 1. The van der Waals surface area contributed by atoms with E-state index in [4.69, 9.17) is 9.72 Å². The summed E-state index contributed by atoms with van der Waals surface area (Å²) in [5.41, 5.74) is 2.32. The van der Waals surface area contributed by atoms with Gasteiger partial charge in [0.2, 0.25) is 0 Å². The monoisotopic (exact) mass is 368 g/mol. The fraction of sp³-hybridized carbons (Fsp3) is 0.438. The molecule has 0 fully saturated rings. The number of aryl methyl sites for hydroxylation is 1. The molecule has 1 N–H and O–H groups in total. The number of halogens is 1. The number of ether oxygens (including phenoxy) is 1. The maximum absolute atomic E-state index is 5.27. The molecule has 0 saturated carbocycles. The molecule has 0 amide bonds. The van der Waals surface area contributed by atoms with Crippen molar-refractivity contribution in [3.63, 3.8) is 0 Å². The largest absolute Gasteiger partial charge is 0.496 e. The normalized spacial score (nSPS) is 11.7. The highest BCUT2D eigenvalue weighted by molar-refractivity contribution is 9.10. The van der Waals surface area contributed by atoms with Crippen molar-refractivity contribution >= 4 is 27.3 Å². The predicted octanol–water partition coefficient (Wildman–Crippen LogP) is 4.78. The summed E-state index contributed by atoms with van der Waals surface area (Å²) in [7, 11) is 1.67. The van der Waals surface area contributed by atoms with Crippen LogP contribution in [0.5, 0.6) is 5.75 Å². The molecule has 2 rings (SSSR count). The summed E-state index contributed by atoms with van der Waals surface area (Å²) in [4.78, 5) is 5.98. The Bertz CT molecular complexity index is 632. The van der Waals surface area contributed by atoms with Gasteiger partial charge in [0.05, 0.1) is 17.3 Å². The number of rotatable bonds is 4. The number of thiazole rings is 1. The van der Waals surface area contributed by atoms with E-state index < -0.39 is 0 Å². The second-order valence-corrected chi connectivity index (χ2v) is 7.92. The molecule has 1 aromatic heterocycles. The van der Waals surface area contributed by atoms with E-state index in [0.717, 1.165) is 33.0 Å². The van der Waals surface area contributed by atoms with E-state index >= 15 is 0 Å². The van der Waals surface area contributed by atoms with Crippen molar-refractivity contribution in [1.82, 2.24) is 10.3 Å². The van der Waals surface area contributed by atoms with Gasteiger partial charge < -0.3 is 10.1 Å². The van der Waals surface area contributed by atoms with Crippen LogP contribution in [0, 0.1) is 6.92 Å². The van der Waals surface area contributed by atoms with E-state index in [1.165, 1.54) is 4.88 Å². The molecule has 0 saturated heterocycles. The lowest BCUT2D eigenvalue weighted by molar-refractivity contribution is 0.412. The molecule has 0 aliphatic rings. The minimum Gasteiger partial charge on any atom is -0.496 e. The van der Waals surface area contributed by atoms with Crippen molar-refractivity contribution < 1.29 is 4.74 Å². The number of nitrogens with one attached hydrogen (secondary N) is 1. The highest BCUT2D eigenvalue weighted by Crippen LogP contribution is 2.33. The minimum absolute atomic E-state index is 0.111. The SMILES string of the molecule is COc1ccc(-c2nc(C)c(CNC(C)(C)C)s2)cc1Br. The molecule has 5 heteroatoms. The maximum atomic E-state index is 5.27. The summed E-state index contributed by atoms with van der Waals surface area (Å²) < 4.78 is 6.22. The second kappa shape index (κ2) is 6.46. The molecule has 0 radical (unpaired) electrons. The predicted molar refractivity (Wildman–Crippen MR) is 93.1 cm³/mol. The third-order valence-corrected chi connectivity index (χ3v) is 4.90. The molecule has 0 unspecified atom stereocenters. The zero-order valence-electron chi connectivity index (χ0n) is 13.1. The van der Waals surface area contributed by atoms with E-state index in [2.05, 4.69) is 55.0 Å².